The highest BCUT2D eigenvalue weighted by Crippen LogP contribution is 2.16. The summed E-state index contributed by atoms with van der Waals surface area (Å²) in [6, 6.07) is 5.44. The fourth-order valence-corrected chi connectivity index (χ4v) is 2.12. The standard InChI is InChI=1S/C13H14N2O2S/c1-18-13-11(3-2-6-15-13)12(16)14-7-4-10-5-8-17-9-10/h2-3,5-6,8-9H,4,7H2,1H3,(H,14,16). The zero-order valence-electron chi connectivity index (χ0n) is 10.1. The first kappa shape index (κ1) is 12.7. The van der Waals surface area contributed by atoms with Crippen LogP contribution in [0.1, 0.15) is 15.9 Å². The maximum Gasteiger partial charge on any atom is 0.254 e. The molecular formula is C13H14N2O2S. The number of amides is 1. The SMILES string of the molecule is CSc1ncccc1C(=O)NCCc1ccoc1. The highest BCUT2D eigenvalue weighted by Gasteiger charge is 2.10. The van der Waals surface area contributed by atoms with Gasteiger partial charge in [-0.25, -0.2) is 4.98 Å². The highest BCUT2D eigenvalue weighted by molar-refractivity contribution is 7.98. The Balaban J connectivity index is 1.91. The van der Waals surface area contributed by atoms with Gasteiger partial charge in [-0.05, 0) is 36.4 Å². The summed E-state index contributed by atoms with van der Waals surface area (Å²) in [5.41, 5.74) is 1.70. The molecule has 0 aliphatic heterocycles. The van der Waals surface area contributed by atoms with E-state index in [-0.39, 0.29) is 5.91 Å². The number of nitrogens with zero attached hydrogens (tertiary/aromatic N) is 1. The van der Waals surface area contributed by atoms with Crippen molar-refractivity contribution in [3.8, 4) is 0 Å². The van der Waals surface area contributed by atoms with E-state index in [1.807, 2.05) is 12.3 Å². The summed E-state index contributed by atoms with van der Waals surface area (Å²) >= 11 is 1.47. The van der Waals surface area contributed by atoms with Gasteiger partial charge in [0, 0.05) is 12.7 Å². The summed E-state index contributed by atoms with van der Waals surface area (Å²) in [4.78, 5) is 16.1. The van der Waals surface area contributed by atoms with Crippen LogP contribution >= 0.6 is 11.8 Å². The van der Waals surface area contributed by atoms with Crippen LogP contribution in [0, 0.1) is 0 Å². The quantitative estimate of drug-likeness (QED) is 0.840. The van der Waals surface area contributed by atoms with Crippen LogP contribution in [0.25, 0.3) is 0 Å². The minimum atomic E-state index is -0.0871. The van der Waals surface area contributed by atoms with Crippen LogP contribution in [-0.2, 0) is 6.42 Å². The van der Waals surface area contributed by atoms with Crippen molar-refractivity contribution in [2.45, 2.75) is 11.4 Å². The van der Waals surface area contributed by atoms with Crippen molar-refractivity contribution in [1.29, 1.82) is 0 Å². The van der Waals surface area contributed by atoms with Gasteiger partial charge >= 0.3 is 0 Å². The van der Waals surface area contributed by atoms with Gasteiger partial charge in [0.15, 0.2) is 0 Å². The van der Waals surface area contributed by atoms with Gasteiger partial charge in [0.05, 0.1) is 18.1 Å². The number of rotatable bonds is 5. The molecule has 1 N–H and O–H groups in total. The molecule has 0 atom stereocenters. The van der Waals surface area contributed by atoms with E-state index in [0.29, 0.717) is 12.1 Å². The molecule has 0 radical (unpaired) electrons. The number of pyridine rings is 1. The highest BCUT2D eigenvalue weighted by atomic mass is 32.2. The van der Waals surface area contributed by atoms with Gasteiger partial charge in [0.1, 0.15) is 5.03 Å². The number of nitrogens with one attached hydrogen (secondary N) is 1. The lowest BCUT2D eigenvalue weighted by Gasteiger charge is -2.06. The van der Waals surface area contributed by atoms with E-state index >= 15 is 0 Å². The Kier molecular flexibility index (Phi) is 4.41. The van der Waals surface area contributed by atoms with Gasteiger partial charge < -0.3 is 9.73 Å². The van der Waals surface area contributed by atoms with Crippen molar-refractivity contribution < 1.29 is 9.21 Å². The summed E-state index contributed by atoms with van der Waals surface area (Å²) in [6.45, 7) is 0.584. The second kappa shape index (κ2) is 6.26. The van der Waals surface area contributed by atoms with Crippen molar-refractivity contribution in [2.24, 2.45) is 0 Å². The molecule has 0 fully saturated rings. The molecule has 2 rings (SSSR count). The Morgan fingerprint density at radius 2 is 2.39 bits per heavy atom. The molecule has 0 bridgehead atoms. The molecule has 5 heteroatoms. The number of hydrogen-bond donors (Lipinski definition) is 1. The Morgan fingerprint density at radius 3 is 3.11 bits per heavy atom. The predicted octanol–water partition coefficient (Wildman–Crippen LogP) is 2.37. The summed E-state index contributed by atoms with van der Waals surface area (Å²) < 4.78 is 4.97. The third-order valence-corrected chi connectivity index (χ3v) is 3.20. The third kappa shape index (κ3) is 3.13. The van der Waals surface area contributed by atoms with E-state index in [1.54, 1.807) is 30.9 Å². The zero-order valence-corrected chi connectivity index (χ0v) is 10.9. The largest absolute Gasteiger partial charge is 0.472 e. The lowest BCUT2D eigenvalue weighted by atomic mass is 10.2. The average molecular weight is 262 g/mol. The molecule has 4 nitrogen and oxygen atoms in total. The van der Waals surface area contributed by atoms with Crippen molar-refractivity contribution in [1.82, 2.24) is 10.3 Å². The van der Waals surface area contributed by atoms with Crippen LogP contribution in [0.5, 0.6) is 0 Å². The van der Waals surface area contributed by atoms with Gasteiger partial charge in [0.2, 0.25) is 0 Å². The van der Waals surface area contributed by atoms with E-state index in [0.717, 1.165) is 17.0 Å². The number of aromatic nitrogens is 1. The minimum absolute atomic E-state index is 0.0871. The number of carbonyl (C=O) groups is 1. The molecule has 0 unspecified atom stereocenters. The fourth-order valence-electron chi connectivity index (χ4n) is 1.58. The molecule has 0 aliphatic carbocycles. The van der Waals surface area contributed by atoms with E-state index in [2.05, 4.69) is 10.3 Å². The van der Waals surface area contributed by atoms with E-state index < -0.39 is 0 Å². The molecule has 0 saturated heterocycles. The molecule has 94 valence electrons. The summed E-state index contributed by atoms with van der Waals surface area (Å²) in [7, 11) is 0. The number of carbonyl (C=O) groups excluding carboxylic acids is 1. The normalized spacial score (nSPS) is 10.3. The molecule has 0 spiro atoms. The van der Waals surface area contributed by atoms with Gasteiger partial charge in [-0.1, -0.05) is 0 Å². The minimum Gasteiger partial charge on any atom is -0.472 e. The van der Waals surface area contributed by atoms with Crippen LogP contribution in [-0.4, -0.2) is 23.7 Å². The van der Waals surface area contributed by atoms with Gasteiger partial charge in [-0.15, -0.1) is 11.8 Å². The summed E-state index contributed by atoms with van der Waals surface area (Å²) in [5, 5.41) is 3.63. The molecule has 0 saturated carbocycles. The fraction of sp³-hybridized carbons (Fsp3) is 0.231. The molecule has 0 aromatic carbocycles. The van der Waals surface area contributed by atoms with Gasteiger partial charge in [-0.3, -0.25) is 4.79 Å². The Morgan fingerprint density at radius 1 is 1.50 bits per heavy atom. The van der Waals surface area contributed by atoms with Gasteiger partial charge in [0.25, 0.3) is 5.91 Å². The van der Waals surface area contributed by atoms with Gasteiger partial charge in [-0.2, -0.15) is 0 Å². The first-order chi connectivity index (χ1) is 8.81. The molecule has 2 aromatic heterocycles. The van der Waals surface area contributed by atoms with Crippen LogP contribution in [0.4, 0.5) is 0 Å². The topological polar surface area (TPSA) is 55.1 Å². The van der Waals surface area contributed by atoms with Crippen LogP contribution in [0.2, 0.25) is 0 Å². The Labute approximate surface area is 110 Å². The third-order valence-electron chi connectivity index (χ3n) is 2.49. The maximum absolute atomic E-state index is 12.0. The Bertz CT molecular complexity index is 511. The number of hydrogen-bond acceptors (Lipinski definition) is 4. The molecule has 2 heterocycles. The molecular weight excluding hydrogens is 248 g/mol. The van der Waals surface area contributed by atoms with E-state index in [4.69, 9.17) is 4.42 Å². The zero-order chi connectivity index (χ0) is 12.8. The molecule has 2 aromatic rings. The molecule has 0 aliphatic rings. The van der Waals surface area contributed by atoms with E-state index in [9.17, 15) is 4.79 Å². The predicted molar refractivity (Wildman–Crippen MR) is 70.8 cm³/mol. The van der Waals surface area contributed by atoms with Crippen LogP contribution < -0.4 is 5.32 Å². The van der Waals surface area contributed by atoms with Crippen LogP contribution in [0.15, 0.2) is 46.4 Å². The average Bonchev–Trinajstić information content (AvgIpc) is 2.91. The van der Waals surface area contributed by atoms with Crippen molar-refractivity contribution >= 4 is 17.7 Å². The van der Waals surface area contributed by atoms with Crippen molar-refractivity contribution in [2.75, 3.05) is 12.8 Å². The number of furan rings is 1. The van der Waals surface area contributed by atoms with Crippen LogP contribution in [0.3, 0.4) is 0 Å². The summed E-state index contributed by atoms with van der Waals surface area (Å²) in [5.74, 6) is -0.0871. The number of thioether (sulfide) groups is 1. The lowest BCUT2D eigenvalue weighted by Crippen LogP contribution is -2.26. The summed E-state index contributed by atoms with van der Waals surface area (Å²) in [6.07, 6.45) is 7.67. The van der Waals surface area contributed by atoms with E-state index in [1.165, 1.54) is 11.8 Å². The monoisotopic (exact) mass is 262 g/mol. The molecule has 1 amide bonds. The van der Waals surface area contributed by atoms with Crippen molar-refractivity contribution in [3.05, 3.63) is 48.0 Å². The molecule has 18 heavy (non-hydrogen) atoms. The second-order valence-corrected chi connectivity index (χ2v) is 4.49. The second-order valence-electron chi connectivity index (χ2n) is 3.70. The first-order valence-electron chi connectivity index (χ1n) is 5.59. The first-order valence-corrected chi connectivity index (χ1v) is 6.82. The lowest BCUT2D eigenvalue weighted by molar-refractivity contribution is 0.0950. The Hall–Kier alpha value is -1.75. The smallest absolute Gasteiger partial charge is 0.254 e. The maximum atomic E-state index is 12.0. The van der Waals surface area contributed by atoms with Crippen molar-refractivity contribution in [3.63, 3.8) is 0 Å².